The van der Waals surface area contributed by atoms with Crippen LogP contribution >= 0.6 is 23.4 Å². The second-order valence-corrected chi connectivity index (χ2v) is 9.17. The average Bonchev–Trinajstić information content (AvgIpc) is 3.12. The Morgan fingerprint density at radius 2 is 2.13 bits per heavy atom. The molecule has 4 N–H and O–H groups in total. The molecule has 3 heterocycles. The van der Waals surface area contributed by atoms with Crippen molar-refractivity contribution in [3.05, 3.63) is 0 Å². The van der Waals surface area contributed by atoms with Crippen LogP contribution in [-0.2, 0) is 4.79 Å². The monoisotopic (exact) mass is 362 g/mol. The van der Waals surface area contributed by atoms with Gasteiger partial charge in [-0.3, -0.25) is 15.4 Å². The molecule has 3 aliphatic heterocycles. The zero-order chi connectivity index (χ0) is 16.1. The van der Waals surface area contributed by atoms with E-state index in [1.807, 2.05) is 4.90 Å². The summed E-state index contributed by atoms with van der Waals surface area (Å²) >= 11 is 7.76. The Morgan fingerprint density at radius 3 is 2.96 bits per heavy atom. The minimum absolute atomic E-state index is 0.0273. The van der Waals surface area contributed by atoms with Crippen molar-refractivity contribution in [2.45, 2.75) is 66.1 Å². The van der Waals surface area contributed by atoms with Gasteiger partial charge in [0.05, 0.1) is 11.4 Å². The van der Waals surface area contributed by atoms with Gasteiger partial charge < -0.3 is 10.6 Å². The Balaban J connectivity index is 1.38. The van der Waals surface area contributed by atoms with Crippen LogP contribution in [0.3, 0.4) is 0 Å². The highest BCUT2D eigenvalue weighted by atomic mass is 35.5. The fraction of sp³-hybridized carbons (Fsp3) is 0.933. The lowest BCUT2D eigenvalue weighted by Gasteiger charge is -2.35. The van der Waals surface area contributed by atoms with Crippen molar-refractivity contribution in [1.29, 1.82) is 0 Å². The summed E-state index contributed by atoms with van der Waals surface area (Å²) in [6.45, 7) is 1.49. The molecule has 0 aromatic carbocycles. The normalized spacial score (nSPS) is 49.8. The second-order valence-electron chi connectivity index (χ2n) is 7.22. The third-order valence-electron chi connectivity index (χ3n) is 5.81. The third-order valence-corrected chi connectivity index (χ3v) is 7.53. The summed E-state index contributed by atoms with van der Waals surface area (Å²) in [4.78, 5) is 14.8. The van der Waals surface area contributed by atoms with E-state index in [4.69, 9.17) is 17.3 Å². The van der Waals surface area contributed by atoms with E-state index < -0.39 is 11.5 Å². The average molecular weight is 363 g/mol. The van der Waals surface area contributed by atoms with Crippen LogP contribution in [0.15, 0.2) is 0 Å². The lowest BCUT2D eigenvalue weighted by atomic mass is 9.83. The number of halogens is 2. The molecule has 23 heavy (non-hydrogen) atoms. The van der Waals surface area contributed by atoms with Crippen molar-refractivity contribution in [2.24, 2.45) is 11.7 Å². The molecule has 8 atom stereocenters. The summed E-state index contributed by atoms with van der Waals surface area (Å²) in [5, 5.41) is 6.55. The Kier molecular flexibility index (Phi) is 4.51. The van der Waals surface area contributed by atoms with Gasteiger partial charge >= 0.3 is 0 Å². The number of hydrogen-bond donors (Lipinski definition) is 3. The van der Waals surface area contributed by atoms with Gasteiger partial charge in [-0.1, -0.05) is 0 Å². The third kappa shape index (κ3) is 2.99. The maximum absolute atomic E-state index is 14.3. The van der Waals surface area contributed by atoms with Gasteiger partial charge in [-0.2, -0.15) is 0 Å². The first kappa shape index (κ1) is 16.4. The molecule has 4 rings (SSSR count). The first-order chi connectivity index (χ1) is 11.0. The van der Waals surface area contributed by atoms with Gasteiger partial charge in [-0.15, -0.1) is 23.4 Å². The summed E-state index contributed by atoms with van der Waals surface area (Å²) in [5.41, 5.74) is 5.90. The van der Waals surface area contributed by atoms with Crippen molar-refractivity contribution in [3.63, 3.8) is 0 Å². The molecule has 8 unspecified atom stereocenters. The van der Waals surface area contributed by atoms with Crippen LogP contribution in [0.4, 0.5) is 4.39 Å². The SMILES string of the molecule is NC1NC2CCN(C(=O)C3CC4CCC(Cl)C(F)C4N3)CC2S1. The van der Waals surface area contributed by atoms with Crippen LogP contribution in [-0.4, -0.2) is 64.3 Å². The van der Waals surface area contributed by atoms with Crippen molar-refractivity contribution < 1.29 is 9.18 Å². The molecule has 8 heteroatoms. The summed E-state index contributed by atoms with van der Waals surface area (Å²) in [7, 11) is 0. The van der Waals surface area contributed by atoms with Gasteiger partial charge in [0.25, 0.3) is 0 Å². The van der Waals surface area contributed by atoms with E-state index in [1.165, 1.54) is 0 Å². The minimum Gasteiger partial charge on any atom is -0.340 e. The van der Waals surface area contributed by atoms with E-state index in [1.54, 1.807) is 11.8 Å². The van der Waals surface area contributed by atoms with Gasteiger partial charge in [0, 0.05) is 30.4 Å². The maximum atomic E-state index is 14.3. The van der Waals surface area contributed by atoms with Gasteiger partial charge in [0.1, 0.15) is 11.7 Å². The molecule has 4 fully saturated rings. The standard InChI is InChI=1S/C15H24ClFN4OS/c16-8-2-1-7-5-10(19-13(7)12(8)17)14(22)21-4-3-9-11(6-21)23-15(18)20-9/h7-13,15,19-20H,1-6,18H2. The number of fused-ring (bicyclic) bond motifs is 2. The number of hydrogen-bond acceptors (Lipinski definition) is 5. The number of thioether (sulfide) groups is 1. The van der Waals surface area contributed by atoms with Crippen LogP contribution < -0.4 is 16.4 Å². The Morgan fingerprint density at radius 1 is 1.30 bits per heavy atom. The molecule has 5 nitrogen and oxygen atoms in total. The quantitative estimate of drug-likeness (QED) is 0.597. The van der Waals surface area contributed by atoms with Crippen LogP contribution in [0.25, 0.3) is 0 Å². The Labute approximate surface area is 145 Å². The van der Waals surface area contributed by atoms with E-state index >= 15 is 0 Å². The van der Waals surface area contributed by atoms with Crippen LogP contribution in [0.5, 0.6) is 0 Å². The summed E-state index contributed by atoms with van der Waals surface area (Å²) in [5.74, 6) is 0.361. The van der Waals surface area contributed by atoms with Gasteiger partial charge in [0.2, 0.25) is 5.91 Å². The van der Waals surface area contributed by atoms with Gasteiger partial charge in [-0.25, -0.2) is 4.39 Å². The first-order valence-electron chi connectivity index (χ1n) is 8.53. The van der Waals surface area contributed by atoms with E-state index in [2.05, 4.69) is 10.6 Å². The molecule has 0 spiro atoms. The molecule has 0 aromatic heterocycles. The topological polar surface area (TPSA) is 70.4 Å². The molecule has 0 bridgehead atoms. The fourth-order valence-electron chi connectivity index (χ4n) is 4.57. The molecule has 1 aliphatic carbocycles. The number of rotatable bonds is 1. The molecule has 1 saturated carbocycles. The van der Waals surface area contributed by atoms with E-state index in [0.29, 0.717) is 17.7 Å². The van der Waals surface area contributed by atoms with Gasteiger partial charge in [-0.05, 0) is 31.6 Å². The number of piperidine rings is 1. The molecule has 1 amide bonds. The minimum atomic E-state index is -1.05. The number of nitrogens with one attached hydrogen (secondary N) is 2. The number of amides is 1. The number of carbonyl (C=O) groups excluding carboxylic acids is 1. The van der Waals surface area contributed by atoms with Crippen molar-refractivity contribution >= 4 is 29.3 Å². The smallest absolute Gasteiger partial charge is 0.239 e. The highest BCUT2D eigenvalue weighted by Crippen LogP contribution is 2.38. The van der Waals surface area contributed by atoms with Crippen LogP contribution in [0.2, 0.25) is 0 Å². The number of carbonyl (C=O) groups is 1. The van der Waals surface area contributed by atoms with Gasteiger partial charge in [0.15, 0.2) is 0 Å². The second kappa shape index (κ2) is 6.33. The maximum Gasteiger partial charge on any atom is 0.239 e. The van der Waals surface area contributed by atoms with Crippen molar-refractivity contribution in [2.75, 3.05) is 13.1 Å². The van der Waals surface area contributed by atoms with E-state index in [9.17, 15) is 9.18 Å². The molecule has 0 aromatic rings. The first-order valence-corrected chi connectivity index (χ1v) is 9.91. The highest BCUT2D eigenvalue weighted by molar-refractivity contribution is 8.00. The summed E-state index contributed by atoms with van der Waals surface area (Å²) in [6.07, 6.45) is 2.25. The number of alkyl halides is 2. The summed E-state index contributed by atoms with van der Waals surface area (Å²) in [6, 6.07) is -0.103. The van der Waals surface area contributed by atoms with Crippen LogP contribution in [0, 0.1) is 5.92 Å². The zero-order valence-electron chi connectivity index (χ0n) is 13.0. The number of nitrogens with two attached hydrogens (primary N) is 1. The van der Waals surface area contributed by atoms with E-state index in [-0.39, 0.29) is 29.4 Å². The predicted molar refractivity (Wildman–Crippen MR) is 90.1 cm³/mol. The molecule has 3 saturated heterocycles. The highest BCUT2D eigenvalue weighted by Gasteiger charge is 2.48. The Hall–Kier alpha value is -0.0800. The van der Waals surface area contributed by atoms with Crippen molar-refractivity contribution in [3.8, 4) is 0 Å². The Bertz CT molecular complexity index is 486. The number of nitrogens with zero attached hydrogens (tertiary/aromatic N) is 1. The van der Waals surface area contributed by atoms with Crippen molar-refractivity contribution in [1.82, 2.24) is 15.5 Å². The lowest BCUT2D eigenvalue weighted by molar-refractivity contribution is -0.134. The lowest BCUT2D eigenvalue weighted by Crippen LogP contribution is -2.55. The molecular weight excluding hydrogens is 339 g/mol. The van der Waals surface area contributed by atoms with E-state index in [0.717, 1.165) is 32.4 Å². The molecular formula is C15H24ClFN4OS. The zero-order valence-corrected chi connectivity index (χ0v) is 14.5. The summed E-state index contributed by atoms with van der Waals surface area (Å²) < 4.78 is 14.3. The predicted octanol–water partition coefficient (Wildman–Crippen LogP) is 0.621. The molecule has 130 valence electrons. The number of likely N-dealkylation sites (tertiary alicyclic amines) is 1. The van der Waals surface area contributed by atoms with Crippen LogP contribution in [0.1, 0.15) is 25.7 Å². The molecule has 4 aliphatic rings. The fourth-order valence-corrected chi connectivity index (χ4v) is 6.15. The largest absolute Gasteiger partial charge is 0.340 e. The molecule has 0 radical (unpaired) electrons.